The summed E-state index contributed by atoms with van der Waals surface area (Å²) in [7, 11) is 0. The van der Waals surface area contributed by atoms with Gasteiger partial charge in [-0.25, -0.2) is 4.98 Å². The summed E-state index contributed by atoms with van der Waals surface area (Å²) in [6.07, 6.45) is 3.02. The molecule has 0 radical (unpaired) electrons. The number of halogens is 1. The van der Waals surface area contributed by atoms with Crippen LogP contribution in [-0.4, -0.2) is 36.1 Å². The van der Waals surface area contributed by atoms with Crippen molar-refractivity contribution in [2.45, 2.75) is 25.9 Å². The lowest BCUT2D eigenvalue weighted by Gasteiger charge is -2.23. The molecule has 0 spiro atoms. The van der Waals surface area contributed by atoms with Crippen LogP contribution < -0.4 is 15.4 Å². The first kappa shape index (κ1) is 19.1. The van der Waals surface area contributed by atoms with Gasteiger partial charge >= 0.3 is 0 Å². The normalized spacial score (nSPS) is 14.4. The van der Waals surface area contributed by atoms with E-state index in [-0.39, 0.29) is 22.9 Å². The maximum atomic E-state index is 12.4. The Balaban J connectivity index is 1.62. The molecule has 0 aliphatic carbocycles. The zero-order chi connectivity index (χ0) is 19.2. The molecule has 0 bridgehead atoms. The smallest absolute Gasteiger partial charge is 0.257 e. The van der Waals surface area contributed by atoms with Crippen LogP contribution in [0, 0.1) is 0 Å². The monoisotopic (exact) mass is 389 g/mol. The van der Waals surface area contributed by atoms with Gasteiger partial charge in [-0.05, 0) is 30.3 Å². The molecule has 2 N–H and O–H groups in total. The topological polar surface area (TPSA) is 89.6 Å². The van der Waals surface area contributed by atoms with Crippen molar-refractivity contribution in [2.75, 3.05) is 23.8 Å². The van der Waals surface area contributed by atoms with Crippen LogP contribution in [0.3, 0.4) is 0 Å². The van der Waals surface area contributed by atoms with E-state index >= 15 is 0 Å². The summed E-state index contributed by atoms with van der Waals surface area (Å²) < 4.78 is 11.1. The number of nitrogens with one attached hydrogen (secondary N) is 2. The number of benzene rings is 1. The highest BCUT2D eigenvalue weighted by Gasteiger charge is 2.18. The van der Waals surface area contributed by atoms with Crippen LogP contribution >= 0.6 is 11.6 Å². The van der Waals surface area contributed by atoms with E-state index < -0.39 is 0 Å². The first-order valence-electron chi connectivity index (χ1n) is 8.60. The maximum absolute atomic E-state index is 12.4. The van der Waals surface area contributed by atoms with Crippen LogP contribution in [0.25, 0.3) is 0 Å². The van der Waals surface area contributed by atoms with Gasteiger partial charge in [0.25, 0.3) is 5.91 Å². The summed E-state index contributed by atoms with van der Waals surface area (Å²) in [6.45, 7) is 2.74. The van der Waals surface area contributed by atoms with Crippen molar-refractivity contribution in [3.8, 4) is 5.88 Å². The lowest BCUT2D eigenvalue weighted by molar-refractivity contribution is -0.114. The van der Waals surface area contributed by atoms with Gasteiger partial charge in [-0.3, -0.25) is 9.59 Å². The highest BCUT2D eigenvalue weighted by Crippen LogP contribution is 2.26. The first-order valence-corrected chi connectivity index (χ1v) is 8.98. The van der Waals surface area contributed by atoms with Crippen molar-refractivity contribution in [1.82, 2.24) is 4.98 Å². The molecule has 1 aromatic carbocycles. The molecular formula is C19H20ClN3O4. The number of aromatic nitrogens is 1. The van der Waals surface area contributed by atoms with Crippen molar-refractivity contribution in [2.24, 2.45) is 0 Å². The number of anilines is 2. The van der Waals surface area contributed by atoms with Crippen molar-refractivity contribution in [3.63, 3.8) is 0 Å². The van der Waals surface area contributed by atoms with Gasteiger partial charge in [0, 0.05) is 37.3 Å². The fourth-order valence-electron chi connectivity index (χ4n) is 2.63. The summed E-state index contributed by atoms with van der Waals surface area (Å²) in [5.41, 5.74) is 1.57. The number of carbonyl (C=O) groups is 2. The van der Waals surface area contributed by atoms with Crippen LogP contribution in [0.2, 0.25) is 5.02 Å². The van der Waals surface area contributed by atoms with Gasteiger partial charge in [-0.1, -0.05) is 11.6 Å². The molecule has 1 aliphatic rings. The van der Waals surface area contributed by atoms with Crippen LogP contribution in [-0.2, 0) is 9.53 Å². The summed E-state index contributed by atoms with van der Waals surface area (Å²) in [5, 5.41) is 5.71. The van der Waals surface area contributed by atoms with E-state index in [0.29, 0.717) is 36.0 Å². The quantitative estimate of drug-likeness (QED) is 0.816. The summed E-state index contributed by atoms with van der Waals surface area (Å²) in [4.78, 5) is 27.6. The Hall–Kier alpha value is -2.64. The van der Waals surface area contributed by atoms with Gasteiger partial charge < -0.3 is 20.1 Å². The predicted molar refractivity (Wildman–Crippen MR) is 102 cm³/mol. The zero-order valence-corrected chi connectivity index (χ0v) is 15.6. The minimum absolute atomic E-state index is 0.0190. The molecule has 0 unspecified atom stereocenters. The van der Waals surface area contributed by atoms with Gasteiger partial charge in [0.15, 0.2) is 0 Å². The fraction of sp³-hybridized carbons (Fsp3) is 0.316. The molecule has 3 rings (SSSR count). The van der Waals surface area contributed by atoms with E-state index in [4.69, 9.17) is 21.1 Å². The summed E-state index contributed by atoms with van der Waals surface area (Å²) >= 11 is 6.23. The molecule has 2 amide bonds. The third kappa shape index (κ3) is 5.42. The molecule has 8 heteroatoms. The molecule has 7 nitrogen and oxygen atoms in total. The predicted octanol–water partition coefficient (Wildman–Crippen LogP) is 3.50. The van der Waals surface area contributed by atoms with Crippen LogP contribution in [0.1, 0.15) is 30.1 Å². The first-order chi connectivity index (χ1) is 13.0. The van der Waals surface area contributed by atoms with Gasteiger partial charge in [0.2, 0.25) is 11.8 Å². The Morgan fingerprint density at radius 3 is 2.37 bits per heavy atom. The molecule has 2 heterocycles. The Morgan fingerprint density at radius 2 is 1.78 bits per heavy atom. The second kappa shape index (κ2) is 8.83. The largest absolute Gasteiger partial charge is 0.473 e. The minimum Gasteiger partial charge on any atom is -0.473 e. The van der Waals surface area contributed by atoms with Crippen molar-refractivity contribution >= 4 is 34.8 Å². The Morgan fingerprint density at radius 1 is 1.15 bits per heavy atom. The Bertz CT molecular complexity index is 820. The second-order valence-corrected chi connectivity index (χ2v) is 6.56. The van der Waals surface area contributed by atoms with E-state index in [1.165, 1.54) is 19.2 Å². The number of carbonyl (C=O) groups excluding carboxylic acids is 2. The fourth-order valence-corrected chi connectivity index (χ4v) is 2.84. The third-order valence-electron chi connectivity index (χ3n) is 3.98. The molecule has 1 fully saturated rings. The molecule has 0 atom stereocenters. The van der Waals surface area contributed by atoms with Gasteiger partial charge in [-0.2, -0.15) is 0 Å². The van der Waals surface area contributed by atoms with Gasteiger partial charge in [-0.15, -0.1) is 0 Å². The molecule has 1 aliphatic heterocycles. The molecular weight excluding hydrogens is 370 g/mol. The van der Waals surface area contributed by atoms with E-state index in [1.807, 2.05) is 0 Å². The number of pyridine rings is 1. The van der Waals surface area contributed by atoms with Gasteiger partial charge in [0.1, 0.15) is 11.1 Å². The standard InChI is InChI=1S/C19H20ClN3O4/c1-12(24)22-14-2-4-15(5-3-14)23-18(25)13-10-17(20)19(21-11-13)27-16-6-8-26-9-7-16/h2-5,10-11,16H,6-9H2,1H3,(H,22,24)(H,23,25). The van der Waals surface area contributed by atoms with Crippen LogP contribution in [0.15, 0.2) is 36.5 Å². The minimum atomic E-state index is -0.339. The average molecular weight is 390 g/mol. The van der Waals surface area contributed by atoms with Gasteiger partial charge in [0.05, 0.1) is 18.8 Å². The maximum Gasteiger partial charge on any atom is 0.257 e. The van der Waals surface area contributed by atoms with Crippen LogP contribution in [0.5, 0.6) is 5.88 Å². The van der Waals surface area contributed by atoms with E-state index in [0.717, 1.165) is 12.8 Å². The van der Waals surface area contributed by atoms with Crippen molar-refractivity contribution < 1.29 is 19.1 Å². The number of hydrogen-bond donors (Lipinski definition) is 2. The highest BCUT2D eigenvalue weighted by molar-refractivity contribution is 6.32. The molecule has 142 valence electrons. The molecule has 0 saturated carbocycles. The average Bonchev–Trinajstić information content (AvgIpc) is 2.65. The third-order valence-corrected chi connectivity index (χ3v) is 4.25. The number of nitrogens with zero attached hydrogens (tertiary/aromatic N) is 1. The van der Waals surface area contributed by atoms with Crippen molar-refractivity contribution in [3.05, 3.63) is 47.1 Å². The summed E-state index contributed by atoms with van der Waals surface area (Å²) in [5.74, 6) is -0.176. The lowest BCUT2D eigenvalue weighted by atomic mass is 10.1. The zero-order valence-electron chi connectivity index (χ0n) is 14.8. The SMILES string of the molecule is CC(=O)Nc1ccc(NC(=O)c2cnc(OC3CCOCC3)c(Cl)c2)cc1. The molecule has 1 saturated heterocycles. The molecule has 2 aromatic rings. The highest BCUT2D eigenvalue weighted by atomic mass is 35.5. The van der Waals surface area contributed by atoms with Crippen LogP contribution in [0.4, 0.5) is 11.4 Å². The van der Waals surface area contributed by atoms with E-state index in [2.05, 4.69) is 15.6 Å². The van der Waals surface area contributed by atoms with Crippen molar-refractivity contribution in [1.29, 1.82) is 0 Å². The second-order valence-electron chi connectivity index (χ2n) is 6.15. The van der Waals surface area contributed by atoms with E-state index in [9.17, 15) is 9.59 Å². The lowest BCUT2D eigenvalue weighted by Crippen LogP contribution is -2.26. The molecule has 1 aromatic heterocycles. The number of ether oxygens (including phenoxy) is 2. The number of rotatable bonds is 5. The number of amides is 2. The number of hydrogen-bond acceptors (Lipinski definition) is 5. The Labute approximate surface area is 162 Å². The van der Waals surface area contributed by atoms with E-state index in [1.54, 1.807) is 24.3 Å². The summed E-state index contributed by atoms with van der Waals surface area (Å²) in [6, 6.07) is 8.33. The Kier molecular flexibility index (Phi) is 6.26. The molecule has 27 heavy (non-hydrogen) atoms.